The van der Waals surface area contributed by atoms with Gasteiger partial charge in [-0.3, -0.25) is 4.79 Å². The minimum Gasteiger partial charge on any atom is -0.391 e. The van der Waals surface area contributed by atoms with Crippen LogP contribution in [0.5, 0.6) is 0 Å². The molecule has 1 rings (SSSR count). The fourth-order valence-electron chi connectivity index (χ4n) is 4.95. The van der Waals surface area contributed by atoms with Gasteiger partial charge in [-0.25, -0.2) is 4.99 Å². The van der Waals surface area contributed by atoms with E-state index in [0.29, 0.717) is 18.8 Å². The number of aliphatic hydroxyl groups excluding tert-OH is 1. The smallest absolute Gasteiger partial charge is 0.244 e. The van der Waals surface area contributed by atoms with Crippen LogP contribution in [-0.4, -0.2) is 59.3 Å². The van der Waals surface area contributed by atoms with Gasteiger partial charge in [0.1, 0.15) is 18.2 Å². The summed E-state index contributed by atoms with van der Waals surface area (Å²) in [5, 5.41) is 13.8. The summed E-state index contributed by atoms with van der Waals surface area (Å²) < 4.78 is 0. The van der Waals surface area contributed by atoms with E-state index in [1.165, 1.54) is 37.3 Å². The Bertz CT molecular complexity index is 843. The van der Waals surface area contributed by atoms with E-state index in [1.54, 1.807) is 6.92 Å². The Hall–Kier alpha value is -2.31. The zero-order valence-electron chi connectivity index (χ0n) is 28.0. The molecule has 0 aromatic rings. The van der Waals surface area contributed by atoms with Gasteiger partial charge in [0.05, 0.1) is 6.10 Å². The molecular weight excluding hydrogens is 510 g/mol. The molecule has 0 bridgehead atoms. The predicted octanol–water partition coefficient (Wildman–Crippen LogP) is 7.99. The summed E-state index contributed by atoms with van der Waals surface area (Å²) in [6, 6.07) is -0.562. The van der Waals surface area contributed by atoms with Crippen molar-refractivity contribution in [3.05, 3.63) is 48.6 Å². The van der Waals surface area contributed by atoms with Crippen molar-refractivity contribution in [2.45, 2.75) is 138 Å². The Morgan fingerprint density at radius 2 is 1.71 bits per heavy atom. The van der Waals surface area contributed by atoms with Gasteiger partial charge in [0.2, 0.25) is 5.91 Å². The molecule has 0 saturated carbocycles. The molecule has 0 aliphatic carbocycles. The second-order valence-corrected chi connectivity index (χ2v) is 12.1. The van der Waals surface area contributed by atoms with Gasteiger partial charge in [-0.05, 0) is 64.0 Å². The number of aliphatic hydroxyl groups is 1. The van der Waals surface area contributed by atoms with Crippen LogP contribution in [0.25, 0.3) is 0 Å². The molecule has 1 aliphatic rings. The van der Waals surface area contributed by atoms with Crippen LogP contribution in [0.1, 0.15) is 120 Å². The van der Waals surface area contributed by atoms with Crippen LogP contribution in [0.2, 0.25) is 0 Å². The molecule has 0 radical (unpaired) electrons. The van der Waals surface area contributed by atoms with E-state index >= 15 is 0 Å². The molecule has 0 aromatic heterocycles. The van der Waals surface area contributed by atoms with Crippen LogP contribution in [0.4, 0.5) is 0 Å². The van der Waals surface area contributed by atoms with Crippen molar-refractivity contribution < 1.29 is 14.7 Å². The second kappa shape index (κ2) is 23.3. The van der Waals surface area contributed by atoms with E-state index in [1.807, 2.05) is 4.90 Å². The Balaban J connectivity index is 0. The topological polar surface area (TPSA) is 82.0 Å². The fraction of sp³-hybridized carbons (Fsp3) is 0.686. The molecule has 1 saturated heterocycles. The molecular formula is C35H63N3O3. The van der Waals surface area contributed by atoms with E-state index in [2.05, 4.69) is 90.7 Å². The molecule has 0 spiro atoms. The van der Waals surface area contributed by atoms with Crippen LogP contribution in [0.15, 0.2) is 53.6 Å². The third-order valence-corrected chi connectivity index (χ3v) is 6.65. The molecule has 3 unspecified atom stereocenters. The third-order valence-electron chi connectivity index (χ3n) is 6.65. The summed E-state index contributed by atoms with van der Waals surface area (Å²) in [5.74, 6) is 0.259. The number of nitrogens with one attached hydrogen (secondary N) is 1. The number of hydrogen-bond acceptors (Lipinski definition) is 4. The van der Waals surface area contributed by atoms with Gasteiger partial charge in [-0.2, -0.15) is 0 Å². The zero-order valence-corrected chi connectivity index (χ0v) is 28.0. The second-order valence-electron chi connectivity index (χ2n) is 12.1. The number of carbonyl (C=O) groups excluding carboxylic acids is 2. The Labute approximate surface area is 253 Å². The van der Waals surface area contributed by atoms with Crippen molar-refractivity contribution in [2.75, 3.05) is 13.1 Å². The first-order chi connectivity index (χ1) is 19.3. The third kappa shape index (κ3) is 19.4. The average molecular weight is 574 g/mol. The highest BCUT2D eigenvalue weighted by molar-refractivity contribution is 5.95. The molecule has 0 aromatic carbocycles. The fourth-order valence-corrected chi connectivity index (χ4v) is 4.95. The summed E-state index contributed by atoms with van der Waals surface area (Å²) >= 11 is 0. The van der Waals surface area contributed by atoms with E-state index in [0.717, 1.165) is 50.5 Å². The highest BCUT2D eigenvalue weighted by Gasteiger charge is 2.33. The first-order valence-corrected chi connectivity index (χ1v) is 15.5. The number of carbonyl (C=O) groups is 2. The lowest BCUT2D eigenvalue weighted by Crippen LogP contribution is -2.52. The lowest BCUT2D eigenvalue weighted by molar-refractivity contribution is -0.116. The van der Waals surface area contributed by atoms with Gasteiger partial charge < -0.3 is 20.1 Å². The summed E-state index contributed by atoms with van der Waals surface area (Å²) in [7, 11) is 0. The number of aliphatic imine (C=N–C) groups is 1. The van der Waals surface area contributed by atoms with Crippen LogP contribution in [-0.2, 0) is 9.59 Å². The summed E-state index contributed by atoms with van der Waals surface area (Å²) in [5.41, 5.74) is 3.27. The molecule has 3 atom stereocenters. The Morgan fingerprint density at radius 1 is 1.10 bits per heavy atom. The number of amidine groups is 1. The largest absolute Gasteiger partial charge is 0.391 e. The molecule has 236 valence electrons. The molecule has 2 N–H and O–H groups in total. The SMILES string of the molecule is C=C.C=C(/C=C(\C=C(C)C)CC(C)(C)CC(=NC(C)=O)N(CC1CCCN1)C(C=O)C(C)O)CCC.CCCCC. The van der Waals surface area contributed by atoms with E-state index in [4.69, 9.17) is 0 Å². The van der Waals surface area contributed by atoms with Gasteiger partial charge in [0.15, 0.2) is 0 Å². The quantitative estimate of drug-likeness (QED) is 0.0682. The maximum atomic E-state index is 12.1. The minimum absolute atomic E-state index is 0.194. The summed E-state index contributed by atoms with van der Waals surface area (Å²) in [6.45, 7) is 29.8. The molecule has 1 heterocycles. The molecule has 1 amide bonds. The molecule has 6 heteroatoms. The first kappa shape index (κ1) is 40.8. The van der Waals surface area contributed by atoms with Crippen molar-refractivity contribution in [1.82, 2.24) is 10.2 Å². The van der Waals surface area contributed by atoms with Crippen LogP contribution >= 0.6 is 0 Å². The standard InChI is InChI=1S/C28H47N3O3.C5H12.C2H4/c1-9-11-21(4)15-24(14-20(2)3)16-28(7,8)17-27(30-23(6)34)31(26(19-32)22(5)33)18-25-12-10-13-29-25;1-3-5-4-2;1-2/h14-15,19,22,25-26,29,33H,4,9-13,16-18H2,1-3,5-8H3;3-5H2,1-2H3;1-2H2/b24-15+,30-27?;;. The highest BCUT2D eigenvalue weighted by atomic mass is 16.3. The number of aldehydes is 1. The van der Waals surface area contributed by atoms with Crippen molar-refractivity contribution in [1.29, 1.82) is 0 Å². The van der Waals surface area contributed by atoms with Gasteiger partial charge in [-0.1, -0.05) is 90.2 Å². The lowest BCUT2D eigenvalue weighted by Gasteiger charge is -2.38. The Morgan fingerprint density at radius 3 is 2.10 bits per heavy atom. The number of allylic oxidation sites excluding steroid dienone is 5. The van der Waals surface area contributed by atoms with Crippen molar-refractivity contribution in [2.24, 2.45) is 10.4 Å². The lowest BCUT2D eigenvalue weighted by atomic mass is 9.80. The van der Waals surface area contributed by atoms with Crippen LogP contribution in [0, 0.1) is 5.41 Å². The van der Waals surface area contributed by atoms with E-state index in [9.17, 15) is 14.7 Å². The van der Waals surface area contributed by atoms with E-state index in [-0.39, 0.29) is 17.4 Å². The predicted molar refractivity (Wildman–Crippen MR) is 178 cm³/mol. The van der Waals surface area contributed by atoms with E-state index < -0.39 is 12.1 Å². The number of unbranched alkanes of at least 4 members (excludes halogenated alkanes) is 2. The van der Waals surface area contributed by atoms with Gasteiger partial charge in [0.25, 0.3) is 0 Å². The van der Waals surface area contributed by atoms with Crippen molar-refractivity contribution >= 4 is 18.0 Å². The van der Waals surface area contributed by atoms with Crippen LogP contribution < -0.4 is 5.32 Å². The molecule has 6 nitrogen and oxygen atoms in total. The normalized spacial score (nSPS) is 16.8. The molecule has 41 heavy (non-hydrogen) atoms. The van der Waals surface area contributed by atoms with Gasteiger partial charge in [0, 0.05) is 25.9 Å². The van der Waals surface area contributed by atoms with Crippen LogP contribution in [0.3, 0.4) is 0 Å². The van der Waals surface area contributed by atoms with Crippen molar-refractivity contribution in [3.8, 4) is 0 Å². The molecule has 1 fully saturated rings. The molecule has 1 aliphatic heterocycles. The monoisotopic (exact) mass is 573 g/mol. The maximum Gasteiger partial charge on any atom is 0.244 e. The van der Waals surface area contributed by atoms with Gasteiger partial charge in [-0.15, -0.1) is 13.2 Å². The zero-order chi connectivity index (χ0) is 32.0. The first-order valence-electron chi connectivity index (χ1n) is 15.5. The number of hydrogen-bond donors (Lipinski definition) is 2. The number of nitrogens with zero attached hydrogens (tertiary/aromatic N) is 2. The maximum absolute atomic E-state index is 12.1. The minimum atomic E-state index is -0.877. The Kier molecular flexibility index (Phi) is 23.2. The average Bonchev–Trinajstić information content (AvgIpc) is 3.37. The summed E-state index contributed by atoms with van der Waals surface area (Å²) in [4.78, 5) is 30.4. The number of rotatable bonds is 15. The van der Waals surface area contributed by atoms with Crippen molar-refractivity contribution in [3.63, 3.8) is 0 Å². The highest BCUT2D eigenvalue weighted by Crippen LogP contribution is 2.33. The van der Waals surface area contributed by atoms with Gasteiger partial charge >= 0.3 is 0 Å². The number of amides is 1. The summed E-state index contributed by atoms with van der Waals surface area (Å²) in [6.07, 6.45) is 13.7.